The largest absolute Gasteiger partial charge is 0.396 e. The van der Waals surface area contributed by atoms with Gasteiger partial charge in [-0.25, -0.2) is 0 Å². The van der Waals surface area contributed by atoms with Crippen LogP contribution in [0.4, 0.5) is 0 Å². The molecule has 1 aromatic heterocycles. The first-order valence-corrected chi connectivity index (χ1v) is 6.95. The molecule has 0 aliphatic rings. The number of aliphatic hydroxyl groups excluding tert-OH is 1. The first kappa shape index (κ1) is 14.7. The van der Waals surface area contributed by atoms with Gasteiger partial charge in [0.25, 0.3) is 0 Å². The number of nitrogens with zero attached hydrogens (tertiary/aromatic N) is 2. The van der Waals surface area contributed by atoms with E-state index in [1.54, 1.807) is 0 Å². The van der Waals surface area contributed by atoms with Crippen molar-refractivity contribution in [1.82, 2.24) is 15.1 Å². The third kappa shape index (κ3) is 4.77. The van der Waals surface area contributed by atoms with E-state index in [0.717, 1.165) is 42.5 Å². The lowest BCUT2D eigenvalue weighted by Crippen LogP contribution is -2.17. The Morgan fingerprint density at radius 1 is 1.29 bits per heavy atom. The fourth-order valence-electron chi connectivity index (χ4n) is 1.79. The van der Waals surface area contributed by atoms with Crippen molar-refractivity contribution in [1.29, 1.82) is 0 Å². The Bertz CT molecular complexity index is 339. The number of hydrogen-bond acceptors (Lipinski definition) is 3. The zero-order valence-corrected chi connectivity index (χ0v) is 12.3. The van der Waals surface area contributed by atoms with Crippen LogP contribution in [0.5, 0.6) is 0 Å². The molecular weight excluding hydrogens is 282 g/mol. The van der Waals surface area contributed by atoms with Gasteiger partial charge < -0.3 is 10.4 Å². The second kappa shape index (κ2) is 7.84. The number of aliphatic hydroxyl groups is 1. The van der Waals surface area contributed by atoms with E-state index in [1.807, 2.05) is 18.7 Å². The van der Waals surface area contributed by atoms with Gasteiger partial charge in [0.05, 0.1) is 15.9 Å². The Kier molecular flexibility index (Phi) is 6.77. The average molecular weight is 304 g/mol. The van der Waals surface area contributed by atoms with Crippen LogP contribution < -0.4 is 5.32 Å². The summed E-state index contributed by atoms with van der Waals surface area (Å²) >= 11 is 3.55. The molecule has 0 saturated carbocycles. The fourth-order valence-corrected chi connectivity index (χ4v) is 2.27. The van der Waals surface area contributed by atoms with Crippen LogP contribution in [0.25, 0.3) is 0 Å². The standard InChI is InChI=1S/C12H22BrN3O/c1-10-12(13)11(16(2)15-10)9-14-7-5-3-4-6-8-17/h14,17H,3-9H2,1-2H3. The second-order valence-corrected chi connectivity index (χ2v) is 5.08. The van der Waals surface area contributed by atoms with Crippen molar-refractivity contribution >= 4 is 15.9 Å². The molecule has 5 heteroatoms. The summed E-state index contributed by atoms with van der Waals surface area (Å²) in [5.74, 6) is 0. The number of halogens is 1. The van der Waals surface area contributed by atoms with Crippen molar-refractivity contribution < 1.29 is 5.11 Å². The number of aromatic nitrogens is 2. The van der Waals surface area contributed by atoms with E-state index in [-0.39, 0.29) is 0 Å². The minimum atomic E-state index is 0.314. The van der Waals surface area contributed by atoms with Crippen molar-refractivity contribution in [3.8, 4) is 0 Å². The molecule has 0 aromatic carbocycles. The number of aryl methyl sites for hydroxylation is 2. The van der Waals surface area contributed by atoms with Gasteiger partial charge in [0.2, 0.25) is 0 Å². The van der Waals surface area contributed by atoms with Crippen molar-refractivity contribution in [3.63, 3.8) is 0 Å². The lowest BCUT2D eigenvalue weighted by atomic mass is 10.2. The van der Waals surface area contributed by atoms with Crippen molar-refractivity contribution in [3.05, 3.63) is 15.9 Å². The topological polar surface area (TPSA) is 50.1 Å². The number of nitrogens with one attached hydrogen (secondary N) is 1. The molecule has 1 heterocycles. The van der Waals surface area contributed by atoms with E-state index in [1.165, 1.54) is 12.1 Å². The second-order valence-electron chi connectivity index (χ2n) is 4.28. The highest BCUT2D eigenvalue weighted by atomic mass is 79.9. The van der Waals surface area contributed by atoms with E-state index >= 15 is 0 Å². The Balaban J connectivity index is 2.18. The maximum atomic E-state index is 8.65. The number of unbranched alkanes of at least 4 members (excludes halogenated alkanes) is 3. The molecule has 17 heavy (non-hydrogen) atoms. The molecule has 4 nitrogen and oxygen atoms in total. The van der Waals surface area contributed by atoms with Crippen LogP contribution in [0.3, 0.4) is 0 Å². The van der Waals surface area contributed by atoms with Crippen LogP contribution in [0.2, 0.25) is 0 Å². The Labute approximate surface area is 112 Å². The van der Waals surface area contributed by atoms with Crippen LogP contribution in [0.1, 0.15) is 37.1 Å². The summed E-state index contributed by atoms with van der Waals surface area (Å²) in [7, 11) is 1.97. The van der Waals surface area contributed by atoms with Crippen molar-refractivity contribution in [2.24, 2.45) is 7.05 Å². The summed E-state index contributed by atoms with van der Waals surface area (Å²) < 4.78 is 3.02. The Morgan fingerprint density at radius 3 is 2.59 bits per heavy atom. The first-order chi connectivity index (χ1) is 8.16. The third-order valence-electron chi connectivity index (χ3n) is 2.82. The number of rotatable bonds is 8. The molecular formula is C12H22BrN3O. The van der Waals surface area contributed by atoms with Gasteiger partial charge in [0, 0.05) is 20.2 Å². The highest BCUT2D eigenvalue weighted by Crippen LogP contribution is 2.19. The average Bonchev–Trinajstić information content (AvgIpc) is 2.54. The van der Waals surface area contributed by atoms with Gasteiger partial charge in [0.15, 0.2) is 0 Å². The van der Waals surface area contributed by atoms with Gasteiger partial charge in [-0.05, 0) is 42.2 Å². The minimum Gasteiger partial charge on any atom is -0.396 e. The molecule has 0 bridgehead atoms. The monoisotopic (exact) mass is 303 g/mol. The van der Waals surface area contributed by atoms with Gasteiger partial charge in [-0.15, -0.1) is 0 Å². The van der Waals surface area contributed by atoms with Crippen molar-refractivity contribution in [2.45, 2.75) is 39.2 Å². The highest BCUT2D eigenvalue weighted by molar-refractivity contribution is 9.10. The molecule has 0 radical (unpaired) electrons. The molecule has 98 valence electrons. The van der Waals surface area contributed by atoms with Crippen LogP contribution in [-0.4, -0.2) is 28.0 Å². The highest BCUT2D eigenvalue weighted by Gasteiger charge is 2.09. The summed E-state index contributed by atoms with van der Waals surface area (Å²) in [4.78, 5) is 0. The summed E-state index contributed by atoms with van der Waals surface area (Å²) in [6.07, 6.45) is 4.38. The minimum absolute atomic E-state index is 0.314. The molecule has 0 aliphatic carbocycles. The molecule has 1 rings (SSSR count). The van der Waals surface area contributed by atoms with E-state index in [9.17, 15) is 0 Å². The molecule has 1 aromatic rings. The molecule has 0 amide bonds. The molecule has 0 saturated heterocycles. The SMILES string of the molecule is Cc1nn(C)c(CNCCCCCCO)c1Br. The van der Waals surface area contributed by atoms with Crippen LogP contribution in [-0.2, 0) is 13.6 Å². The lowest BCUT2D eigenvalue weighted by Gasteiger charge is -2.05. The van der Waals surface area contributed by atoms with Gasteiger partial charge in [-0.2, -0.15) is 5.10 Å². The smallest absolute Gasteiger partial charge is 0.0739 e. The summed E-state index contributed by atoms with van der Waals surface area (Å²) in [5.41, 5.74) is 2.23. The molecule has 0 fully saturated rings. The molecule has 0 unspecified atom stereocenters. The predicted molar refractivity (Wildman–Crippen MR) is 72.9 cm³/mol. The molecule has 0 atom stereocenters. The molecule has 0 spiro atoms. The Morgan fingerprint density at radius 2 is 2.00 bits per heavy atom. The van der Waals surface area contributed by atoms with Crippen LogP contribution >= 0.6 is 15.9 Å². The van der Waals surface area contributed by atoms with Gasteiger partial charge in [-0.3, -0.25) is 4.68 Å². The van der Waals surface area contributed by atoms with E-state index in [2.05, 4.69) is 26.3 Å². The third-order valence-corrected chi connectivity index (χ3v) is 3.85. The van der Waals surface area contributed by atoms with E-state index < -0.39 is 0 Å². The molecule has 0 aliphatic heterocycles. The quantitative estimate of drug-likeness (QED) is 0.723. The fraction of sp³-hybridized carbons (Fsp3) is 0.750. The zero-order chi connectivity index (χ0) is 12.7. The zero-order valence-electron chi connectivity index (χ0n) is 10.7. The predicted octanol–water partition coefficient (Wildman–Crippen LogP) is 2.13. The lowest BCUT2D eigenvalue weighted by molar-refractivity contribution is 0.282. The maximum Gasteiger partial charge on any atom is 0.0739 e. The van der Waals surface area contributed by atoms with Gasteiger partial charge in [-0.1, -0.05) is 12.8 Å². The summed E-state index contributed by atoms with van der Waals surface area (Å²) in [5, 5.41) is 16.4. The number of hydrogen-bond donors (Lipinski definition) is 2. The van der Waals surface area contributed by atoms with E-state index in [0.29, 0.717) is 6.61 Å². The normalized spacial score (nSPS) is 11.1. The first-order valence-electron chi connectivity index (χ1n) is 6.16. The Hall–Kier alpha value is -0.390. The van der Waals surface area contributed by atoms with Gasteiger partial charge >= 0.3 is 0 Å². The molecule has 2 N–H and O–H groups in total. The van der Waals surface area contributed by atoms with E-state index in [4.69, 9.17) is 5.11 Å². The van der Waals surface area contributed by atoms with Crippen molar-refractivity contribution in [2.75, 3.05) is 13.2 Å². The van der Waals surface area contributed by atoms with Gasteiger partial charge in [0.1, 0.15) is 0 Å². The van der Waals surface area contributed by atoms with Crippen LogP contribution in [0.15, 0.2) is 4.47 Å². The van der Waals surface area contributed by atoms with Crippen LogP contribution in [0, 0.1) is 6.92 Å². The summed E-state index contributed by atoms with van der Waals surface area (Å²) in [6.45, 7) is 4.18. The summed E-state index contributed by atoms with van der Waals surface area (Å²) in [6, 6.07) is 0. The maximum absolute atomic E-state index is 8.65.